The molecule has 0 aliphatic rings. The molecule has 0 heterocycles. The van der Waals surface area contributed by atoms with Gasteiger partial charge in [0.25, 0.3) is 0 Å². The van der Waals surface area contributed by atoms with Crippen molar-refractivity contribution in [1.29, 1.82) is 0 Å². The SMILES string of the molecule is NCCSc1cc(O)ccc1O. The molecule has 0 amide bonds. The lowest BCUT2D eigenvalue weighted by molar-refractivity contribution is 0.448. The van der Waals surface area contributed by atoms with Gasteiger partial charge in [0.1, 0.15) is 11.5 Å². The molecule has 0 saturated carbocycles. The van der Waals surface area contributed by atoms with E-state index in [4.69, 9.17) is 10.8 Å². The lowest BCUT2D eigenvalue weighted by Crippen LogP contribution is -2.00. The Labute approximate surface area is 75.2 Å². The quantitative estimate of drug-likeness (QED) is 0.488. The van der Waals surface area contributed by atoms with Gasteiger partial charge < -0.3 is 15.9 Å². The highest BCUT2D eigenvalue weighted by molar-refractivity contribution is 7.99. The molecule has 0 saturated heterocycles. The van der Waals surface area contributed by atoms with E-state index in [1.807, 2.05) is 0 Å². The average Bonchev–Trinajstić information content (AvgIpc) is 2.07. The normalized spacial score (nSPS) is 10.1. The first-order valence-electron chi connectivity index (χ1n) is 3.59. The fourth-order valence-corrected chi connectivity index (χ4v) is 1.55. The summed E-state index contributed by atoms with van der Waals surface area (Å²) >= 11 is 1.43. The second-order valence-corrected chi connectivity index (χ2v) is 3.43. The van der Waals surface area contributed by atoms with Crippen molar-refractivity contribution in [1.82, 2.24) is 0 Å². The van der Waals surface area contributed by atoms with E-state index >= 15 is 0 Å². The number of nitrogens with two attached hydrogens (primary N) is 1. The van der Waals surface area contributed by atoms with Crippen LogP contribution in [0.25, 0.3) is 0 Å². The van der Waals surface area contributed by atoms with Gasteiger partial charge in [-0.2, -0.15) is 0 Å². The predicted octanol–water partition coefficient (Wildman–Crippen LogP) is 1.15. The molecule has 3 nitrogen and oxygen atoms in total. The fraction of sp³-hybridized carbons (Fsp3) is 0.250. The van der Waals surface area contributed by atoms with Crippen LogP contribution in [0.15, 0.2) is 23.1 Å². The highest BCUT2D eigenvalue weighted by atomic mass is 32.2. The maximum atomic E-state index is 9.29. The van der Waals surface area contributed by atoms with Crippen LogP contribution in [0.3, 0.4) is 0 Å². The molecule has 0 aromatic heterocycles. The highest BCUT2D eigenvalue weighted by Crippen LogP contribution is 2.30. The second-order valence-electron chi connectivity index (χ2n) is 2.29. The van der Waals surface area contributed by atoms with Crippen LogP contribution in [-0.2, 0) is 0 Å². The third-order valence-electron chi connectivity index (χ3n) is 1.32. The zero-order valence-corrected chi connectivity index (χ0v) is 7.34. The molecule has 4 N–H and O–H groups in total. The molecule has 0 fully saturated rings. The van der Waals surface area contributed by atoms with E-state index in [9.17, 15) is 5.11 Å². The highest BCUT2D eigenvalue weighted by Gasteiger charge is 2.01. The van der Waals surface area contributed by atoms with Gasteiger partial charge in [0.2, 0.25) is 0 Å². The molecular weight excluding hydrogens is 174 g/mol. The van der Waals surface area contributed by atoms with Gasteiger partial charge in [-0.05, 0) is 18.2 Å². The molecule has 0 aliphatic carbocycles. The van der Waals surface area contributed by atoms with Crippen molar-refractivity contribution in [3.8, 4) is 11.5 Å². The van der Waals surface area contributed by atoms with Crippen LogP contribution in [-0.4, -0.2) is 22.5 Å². The molecule has 0 unspecified atom stereocenters. The minimum Gasteiger partial charge on any atom is -0.508 e. The lowest BCUT2D eigenvalue weighted by atomic mass is 10.3. The zero-order valence-electron chi connectivity index (χ0n) is 6.53. The topological polar surface area (TPSA) is 66.5 Å². The lowest BCUT2D eigenvalue weighted by Gasteiger charge is -2.02. The number of hydrogen-bond donors (Lipinski definition) is 3. The molecule has 0 aliphatic heterocycles. The van der Waals surface area contributed by atoms with Gasteiger partial charge in [-0.3, -0.25) is 0 Å². The van der Waals surface area contributed by atoms with Crippen LogP contribution in [0.4, 0.5) is 0 Å². The maximum absolute atomic E-state index is 9.29. The summed E-state index contributed by atoms with van der Waals surface area (Å²) in [7, 11) is 0. The Balaban J connectivity index is 2.75. The Hall–Kier alpha value is -0.870. The van der Waals surface area contributed by atoms with Gasteiger partial charge >= 0.3 is 0 Å². The van der Waals surface area contributed by atoms with Gasteiger partial charge in [-0.25, -0.2) is 0 Å². The van der Waals surface area contributed by atoms with Gasteiger partial charge in [-0.15, -0.1) is 11.8 Å². The zero-order chi connectivity index (χ0) is 8.97. The molecule has 4 heteroatoms. The maximum Gasteiger partial charge on any atom is 0.129 e. The molecule has 66 valence electrons. The van der Waals surface area contributed by atoms with Crippen molar-refractivity contribution < 1.29 is 10.2 Å². The average molecular weight is 185 g/mol. The molecule has 0 atom stereocenters. The van der Waals surface area contributed by atoms with Crippen LogP contribution in [0.2, 0.25) is 0 Å². The van der Waals surface area contributed by atoms with E-state index < -0.39 is 0 Å². The summed E-state index contributed by atoms with van der Waals surface area (Å²) in [6.07, 6.45) is 0. The standard InChI is InChI=1S/C8H11NO2S/c9-3-4-12-8-5-6(10)1-2-7(8)11/h1-2,5,10-11H,3-4,9H2. The number of rotatable bonds is 3. The molecule has 0 bridgehead atoms. The third-order valence-corrected chi connectivity index (χ3v) is 2.40. The van der Waals surface area contributed by atoms with Crippen molar-refractivity contribution in [3.63, 3.8) is 0 Å². The van der Waals surface area contributed by atoms with Crippen molar-refractivity contribution in [3.05, 3.63) is 18.2 Å². The molecule has 1 aromatic rings. The molecule has 0 radical (unpaired) electrons. The van der Waals surface area contributed by atoms with Crippen LogP contribution >= 0.6 is 11.8 Å². The third kappa shape index (κ3) is 2.32. The van der Waals surface area contributed by atoms with Crippen molar-refractivity contribution in [2.75, 3.05) is 12.3 Å². The molecular formula is C8H11NO2S. The van der Waals surface area contributed by atoms with E-state index in [2.05, 4.69) is 0 Å². The smallest absolute Gasteiger partial charge is 0.129 e. The monoisotopic (exact) mass is 185 g/mol. The van der Waals surface area contributed by atoms with Crippen molar-refractivity contribution >= 4 is 11.8 Å². The largest absolute Gasteiger partial charge is 0.508 e. The molecule has 1 aromatic carbocycles. The number of thioether (sulfide) groups is 1. The first kappa shape index (κ1) is 9.22. The number of phenols is 2. The summed E-state index contributed by atoms with van der Waals surface area (Å²) in [5.74, 6) is 1.08. The Morgan fingerprint density at radius 1 is 1.33 bits per heavy atom. The summed E-state index contributed by atoms with van der Waals surface area (Å²) in [5.41, 5.74) is 5.30. The Kier molecular flexibility index (Phi) is 3.25. The minimum atomic E-state index is 0.160. The second kappa shape index (κ2) is 4.23. The van der Waals surface area contributed by atoms with E-state index in [0.717, 1.165) is 5.75 Å². The first-order valence-corrected chi connectivity index (χ1v) is 4.57. The predicted molar refractivity (Wildman–Crippen MR) is 49.6 cm³/mol. The number of aromatic hydroxyl groups is 2. The fourth-order valence-electron chi connectivity index (χ4n) is 0.787. The van der Waals surface area contributed by atoms with Crippen LogP contribution in [0.1, 0.15) is 0 Å². The van der Waals surface area contributed by atoms with E-state index in [-0.39, 0.29) is 11.5 Å². The Morgan fingerprint density at radius 2 is 2.08 bits per heavy atom. The summed E-state index contributed by atoms with van der Waals surface area (Å²) in [6, 6.07) is 4.44. The minimum absolute atomic E-state index is 0.160. The van der Waals surface area contributed by atoms with E-state index in [0.29, 0.717) is 11.4 Å². The van der Waals surface area contributed by atoms with Gasteiger partial charge in [0, 0.05) is 12.3 Å². The summed E-state index contributed by atoms with van der Waals surface area (Å²) < 4.78 is 0. The van der Waals surface area contributed by atoms with E-state index in [1.165, 1.54) is 30.0 Å². The summed E-state index contributed by atoms with van der Waals surface area (Å²) in [4.78, 5) is 0.667. The van der Waals surface area contributed by atoms with Crippen molar-refractivity contribution in [2.24, 2.45) is 5.73 Å². The van der Waals surface area contributed by atoms with Crippen LogP contribution in [0.5, 0.6) is 11.5 Å². The van der Waals surface area contributed by atoms with E-state index in [1.54, 1.807) is 0 Å². The summed E-state index contributed by atoms with van der Waals surface area (Å²) in [6.45, 7) is 0.555. The Morgan fingerprint density at radius 3 is 2.75 bits per heavy atom. The van der Waals surface area contributed by atoms with Gasteiger partial charge in [0.15, 0.2) is 0 Å². The molecule has 12 heavy (non-hydrogen) atoms. The number of phenolic OH excluding ortho intramolecular Hbond substituents is 2. The van der Waals surface area contributed by atoms with Crippen molar-refractivity contribution in [2.45, 2.75) is 4.90 Å². The Bertz CT molecular complexity index is 265. The van der Waals surface area contributed by atoms with Crippen LogP contribution < -0.4 is 5.73 Å². The van der Waals surface area contributed by atoms with Gasteiger partial charge in [-0.1, -0.05) is 0 Å². The number of benzene rings is 1. The number of hydrogen-bond acceptors (Lipinski definition) is 4. The summed E-state index contributed by atoms with van der Waals surface area (Å²) in [5, 5.41) is 18.4. The van der Waals surface area contributed by atoms with Crippen LogP contribution in [0, 0.1) is 0 Å². The first-order chi connectivity index (χ1) is 5.74. The molecule has 0 spiro atoms. The van der Waals surface area contributed by atoms with Gasteiger partial charge in [0.05, 0.1) is 4.90 Å². The molecule has 1 rings (SSSR count).